The number of nitrogens with zero attached hydrogens (tertiary/aromatic N) is 7. The molecular formula is C51H50N10O8. The van der Waals surface area contributed by atoms with Crippen LogP contribution in [0.1, 0.15) is 76.0 Å². The Bertz CT molecular complexity index is 3000. The molecule has 2 aliphatic heterocycles. The van der Waals surface area contributed by atoms with Crippen molar-refractivity contribution in [3.05, 3.63) is 143 Å². The molecule has 0 saturated carbocycles. The number of hydrogen-bond donors (Lipinski definition) is 4. The first-order chi connectivity index (χ1) is 33.2. The molecule has 18 heteroatoms. The van der Waals surface area contributed by atoms with Crippen LogP contribution in [0.5, 0.6) is 11.5 Å². The average Bonchev–Trinajstić information content (AvgIpc) is 4.00. The van der Waals surface area contributed by atoms with Gasteiger partial charge in [-0.2, -0.15) is 0 Å². The molecule has 69 heavy (non-hydrogen) atoms. The fourth-order valence-corrected chi connectivity index (χ4v) is 7.49. The normalized spacial score (nSPS) is 17.1. The van der Waals surface area contributed by atoms with E-state index in [2.05, 4.69) is 59.6 Å². The summed E-state index contributed by atoms with van der Waals surface area (Å²) < 4.78 is 19.4. The minimum absolute atomic E-state index is 0.0729. The lowest BCUT2D eigenvalue weighted by Gasteiger charge is -2.25. The van der Waals surface area contributed by atoms with E-state index in [1.54, 1.807) is 62.1 Å². The SMILES string of the molecule is COC(C)(C#Cc1ccc2c(c1)N(C)C(=O)C(NC(=O)c1n[nH]c(Cc3ccccc3)n1)CO2)CCC(C)(O)C#Cc1ccc2c(c1)OCC(NC(=O)c1ncn(Cc3ccccc3)n1)C(=O)N2C. The second-order valence-electron chi connectivity index (χ2n) is 17.1. The molecule has 4 amide bonds. The molecule has 2 aliphatic rings. The van der Waals surface area contributed by atoms with Gasteiger partial charge in [-0.05, 0) is 74.2 Å². The first-order valence-corrected chi connectivity index (χ1v) is 22.1. The van der Waals surface area contributed by atoms with Gasteiger partial charge in [0.2, 0.25) is 11.6 Å². The summed E-state index contributed by atoms with van der Waals surface area (Å²) in [6.45, 7) is 3.59. The van der Waals surface area contributed by atoms with E-state index in [1.165, 1.54) is 23.2 Å². The van der Waals surface area contributed by atoms with Crippen molar-refractivity contribution in [1.29, 1.82) is 0 Å². The Hall–Kier alpha value is -8.32. The molecule has 0 saturated heterocycles. The smallest absolute Gasteiger partial charge is 0.291 e. The van der Waals surface area contributed by atoms with Gasteiger partial charge >= 0.3 is 0 Å². The molecule has 2 aromatic heterocycles. The molecule has 4 atom stereocenters. The zero-order valence-electron chi connectivity index (χ0n) is 38.6. The molecule has 8 rings (SSSR count). The van der Waals surface area contributed by atoms with Gasteiger partial charge < -0.3 is 39.8 Å². The van der Waals surface area contributed by atoms with E-state index < -0.39 is 41.0 Å². The first kappa shape index (κ1) is 47.2. The number of likely N-dealkylation sites (N-methyl/N-ethyl adjacent to an activating group) is 2. The third-order valence-corrected chi connectivity index (χ3v) is 11.7. The van der Waals surface area contributed by atoms with Crippen molar-refractivity contribution in [3.8, 4) is 35.2 Å². The molecule has 0 spiro atoms. The molecule has 0 bridgehead atoms. The van der Waals surface area contributed by atoms with Gasteiger partial charge in [0.15, 0.2) is 0 Å². The average molecular weight is 931 g/mol. The molecule has 4 aromatic carbocycles. The highest BCUT2D eigenvalue weighted by molar-refractivity contribution is 6.03. The standard InChI is InChI=1S/C51H50N10O8/c1-50(66,22-20-35-16-18-39-42(27-35)69-31-38(48(64)59(39)3)53-46(62)44-52-32-61(58-44)29-36-14-10-7-11-15-36)24-25-51(2,67-5)23-21-34-17-19-41-40(26-34)60(4)49(65)37(30-68-41)54-47(63)45-55-43(56-57-45)28-33-12-8-6-9-13-33/h6-19,26-27,32,37-38,66H,24-25,28-31H2,1-5H3,(H,53,62)(H,54,63)(H,55,56,57). The number of H-pyrrole nitrogens is 1. The van der Waals surface area contributed by atoms with Crippen LogP contribution in [-0.2, 0) is 27.3 Å². The van der Waals surface area contributed by atoms with Gasteiger partial charge in [-0.3, -0.25) is 24.3 Å². The zero-order valence-corrected chi connectivity index (χ0v) is 38.6. The number of anilines is 2. The maximum Gasteiger partial charge on any atom is 0.291 e. The van der Waals surface area contributed by atoms with Crippen LogP contribution in [0, 0.1) is 23.7 Å². The highest BCUT2D eigenvalue weighted by Crippen LogP contribution is 2.33. The van der Waals surface area contributed by atoms with E-state index >= 15 is 0 Å². The monoisotopic (exact) mass is 930 g/mol. The maximum atomic E-state index is 13.6. The summed E-state index contributed by atoms with van der Waals surface area (Å²) in [5, 5.41) is 27.9. The van der Waals surface area contributed by atoms with Crippen molar-refractivity contribution in [1.82, 2.24) is 40.6 Å². The quantitative estimate of drug-likeness (QED) is 0.129. The number of amides is 4. The van der Waals surface area contributed by atoms with Crippen LogP contribution in [0.25, 0.3) is 0 Å². The molecule has 4 unspecified atom stereocenters. The Morgan fingerprint density at radius 3 is 2.09 bits per heavy atom. The van der Waals surface area contributed by atoms with Crippen LogP contribution in [0.3, 0.4) is 0 Å². The fraction of sp³-hybridized carbons (Fsp3) is 0.294. The number of benzene rings is 4. The maximum absolute atomic E-state index is 13.6. The van der Waals surface area contributed by atoms with Crippen LogP contribution in [0.4, 0.5) is 11.4 Å². The minimum Gasteiger partial charge on any atom is -0.489 e. The number of fused-ring (bicyclic) bond motifs is 2. The van der Waals surface area contributed by atoms with Crippen molar-refractivity contribution in [3.63, 3.8) is 0 Å². The molecule has 0 fully saturated rings. The number of carbonyl (C=O) groups is 4. The number of methoxy groups -OCH3 is 1. The molecule has 0 radical (unpaired) electrons. The van der Waals surface area contributed by atoms with Crippen molar-refractivity contribution in [2.24, 2.45) is 0 Å². The van der Waals surface area contributed by atoms with Gasteiger partial charge in [-0.1, -0.05) is 84.3 Å². The summed E-state index contributed by atoms with van der Waals surface area (Å²) in [6, 6.07) is 27.5. The number of aromatic amines is 1. The first-order valence-electron chi connectivity index (χ1n) is 22.1. The molecule has 18 nitrogen and oxygen atoms in total. The van der Waals surface area contributed by atoms with E-state index in [1.807, 2.05) is 67.6 Å². The summed E-state index contributed by atoms with van der Waals surface area (Å²) in [5.41, 5.74) is 1.62. The van der Waals surface area contributed by atoms with Gasteiger partial charge in [0.25, 0.3) is 23.6 Å². The fourth-order valence-electron chi connectivity index (χ4n) is 7.49. The summed E-state index contributed by atoms with van der Waals surface area (Å²) in [7, 11) is 4.73. The lowest BCUT2D eigenvalue weighted by Crippen LogP contribution is -2.49. The number of rotatable bonds is 12. The molecule has 6 aromatic rings. The van der Waals surface area contributed by atoms with Crippen molar-refractivity contribution >= 4 is 35.0 Å². The van der Waals surface area contributed by atoms with Crippen molar-refractivity contribution in [2.75, 3.05) is 44.2 Å². The van der Waals surface area contributed by atoms with Crippen LogP contribution >= 0.6 is 0 Å². The second-order valence-corrected chi connectivity index (χ2v) is 17.1. The molecule has 0 aliphatic carbocycles. The van der Waals surface area contributed by atoms with Crippen LogP contribution in [-0.4, -0.2) is 116 Å². The summed E-state index contributed by atoms with van der Waals surface area (Å²) >= 11 is 0. The highest BCUT2D eigenvalue weighted by atomic mass is 16.5. The van der Waals surface area contributed by atoms with E-state index in [0.29, 0.717) is 59.2 Å². The number of ether oxygens (including phenoxy) is 3. The van der Waals surface area contributed by atoms with Gasteiger partial charge in [0.1, 0.15) is 60.2 Å². The molecule has 352 valence electrons. The summed E-state index contributed by atoms with van der Waals surface area (Å²) in [4.78, 5) is 64.5. The van der Waals surface area contributed by atoms with Crippen LogP contribution < -0.4 is 29.9 Å². The largest absolute Gasteiger partial charge is 0.489 e. The van der Waals surface area contributed by atoms with Crippen molar-refractivity contribution < 1.29 is 38.5 Å². The Morgan fingerprint density at radius 2 is 1.39 bits per heavy atom. The number of hydrogen-bond acceptors (Lipinski definition) is 12. The Kier molecular flexibility index (Phi) is 13.9. The van der Waals surface area contributed by atoms with E-state index in [-0.39, 0.29) is 37.2 Å². The van der Waals surface area contributed by atoms with Crippen LogP contribution in [0.15, 0.2) is 103 Å². The number of aromatic nitrogens is 6. The minimum atomic E-state index is -1.45. The van der Waals surface area contributed by atoms with E-state index in [0.717, 1.165) is 11.1 Å². The number of carbonyl (C=O) groups excluding carboxylic acids is 4. The van der Waals surface area contributed by atoms with Crippen LogP contribution in [0.2, 0.25) is 0 Å². The van der Waals surface area contributed by atoms with Gasteiger partial charge in [-0.15, -0.1) is 10.2 Å². The summed E-state index contributed by atoms with van der Waals surface area (Å²) in [6.07, 6.45) is 2.43. The number of aliphatic hydroxyl groups is 1. The lowest BCUT2D eigenvalue weighted by atomic mass is 9.91. The topological polar surface area (TPSA) is 219 Å². The molecule has 4 heterocycles. The van der Waals surface area contributed by atoms with Crippen molar-refractivity contribution in [2.45, 2.75) is 62.9 Å². The van der Waals surface area contributed by atoms with E-state index in [4.69, 9.17) is 14.2 Å². The predicted octanol–water partition coefficient (Wildman–Crippen LogP) is 3.68. The molecular weight excluding hydrogens is 881 g/mol. The van der Waals surface area contributed by atoms with Gasteiger partial charge in [0.05, 0.1) is 17.9 Å². The van der Waals surface area contributed by atoms with Gasteiger partial charge in [0, 0.05) is 38.8 Å². The Morgan fingerprint density at radius 1 is 0.783 bits per heavy atom. The zero-order chi connectivity index (χ0) is 48.7. The highest BCUT2D eigenvalue weighted by Gasteiger charge is 2.34. The third kappa shape index (κ3) is 11.5. The predicted molar refractivity (Wildman–Crippen MR) is 253 cm³/mol. The third-order valence-electron chi connectivity index (χ3n) is 11.7. The van der Waals surface area contributed by atoms with Gasteiger partial charge in [-0.25, -0.2) is 14.6 Å². The molecule has 4 N–H and O–H groups in total. The Balaban J connectivity index is 0.857. The summed E-state index contributed by atoms with van der Waals surface area (Å²) in [5.74, 6) is 11.5. The number of nitrogens with one attached hydrogen (secondary N) is 3. The van der Waals surface area contributed by atoms with E-state index in [9.17, 15) is 24.3 Å². The second kappa shape index (κ2) is 20.3. The lowest BCUT2D eigenvalue weighted by molar-refractivity contribution is -0.121. The Labute approximate surface area is 398 Å².